The van der Waals surface area contributed by atoms with Crippen LogP contribution in [0.3, 0.4) is 0 Å². The van der Waals surface area contributed by atoms with Crippen molar-refractivity contribution in [1.29, 1.82) is 0 Å². The number of nitrogens with zero attached hydrogens (tertiary/aromatic N) is 2. The van der Waals surface area contributed by atoms with Crippen LogP contribution >= 0.6 is 0 Å². The van der Waals surface area contributed by atoms with E-state index in [4.69, 9.17) is 0 Å². The molecule has 1 N–H and O–H groups in total. The Morgan fingerprint density at radius 1 is 0.878 bits per heavy atom. The third-order valence-corrected chi connectivity index (χ3v) is 8.61. The molecule has 0 fully saturated rings. The Bertz CT molecular complexity index is 1420. The molecule has 41 heavy (non-hydrogen) atoms. The SMILES string of the molecule is CCC(C(=O)NC(C)C)N(Cc1ccc(F)cc1)C(=O)CN(c1ccc(C(C)C)cc1)S(=O)(=O)c1ccc(C)cc1. The van der Waals surface area contributed by atoms with Crippen molar-refractivity contribution in [2.24, 2.45) is 0 Å². The summed E-state index contributed by atoms with van der Waals surface area (Å²) in [6.45, 7) is 10.9. The molecule has 0 aliphatic rings. The number of hydrogen-bond acceptors (Lipinski definition) is 4. The van der Waals surface area contributed by atoms with E-state index in [1.807, 2.05) is 46.8 Å². The first-order valence-corrected chi connectivity index (χ1v) is 15.3. The maximum Gasteiger partial charge on any atom is 0.264 e. The summed E-state index contributed by atoms with van der Waals surface area (Å²) in [5.41, 5.74) is 2.89. The van der Waals surface area contributed by atoms with Crippen LogP contribution in [-0.4, -0.2) is 43.8 Å². The van der Waals surface area contributed by atoms with Gasteiger partial charge in [-0.15, -0.1) is 0 Å². The van der Waals surface area contributed by atoms with Crippen LogP contribution in [0, 0.1) is 12.7 Å². The van der Waals surface area contributed by atoms with Crippen molar-refractivity contribution in [1.82, 2.24) is 10.2 Å². The first-order valence-electron chi connectivity index (χ1n) is 13.9. The van der Waals surface area contributed by atoms with E-state index in [0.717, 1.165) is 15.4 Å². The molecule has 0 spiro atoms. The minimum absolute atomic E-state index is 0.00778. The molecule has 1 atom stereocenters. The summed E-state index contributed by atoms with van der Waals surface area (Å²) in [7, 11) is -4.15. The molecule has 220 valence electrons. The lowest BCUT2D eigenvalue weighted by atomic mass is 10.0. The number of nitrogens with one attached hydrogen (secondary N) is 1. The van der Waals surface area contributed by atoms with Crippen molar-refractivity contribution >= 4 is 27.5 Å². The molecule has 9 heteroatoms. The van der Waals surface area contributed by atoms with Gasteiger partial charge in [-0.2, -0.15) is 0 Å². The second-order valence-corrected chi connectivity index (χ2v) is 12.7. The number of amides is 2. The number of anilines is 1. The second-order valence-electron chi connectivity index (χ2n) is 10.8. The second kappa shape index (κ2) is 13.8. The quantitative estimate of drug-likeness (QED) is 0.294. The van der Waals surface area contributed by atoms with Gasteiger partial charge in [-0.3, -0.25) is 13.9 Å². The summed E-state index contributed by atoms with van der Waals surface area (Å²) < 4.78 is 42.6. The van der Waals surface area contributed by atoms with Gasteiger partial charge >= 0.3 is 0 Å². The normalized spacial score (nSPS) is 12.3. The molecule has 2 amide bonds. The van der Waals surface area contributed by atoms with Crippen LogP contribution in [0.25, 0.3) is 0 Å². The largest absolute Gasteiger partial charge is 0.352 e. The van der Waals surface area contributed by atoms with Gasteiger partial charge < -0.3 is 10.2 Å². The molecule has 1 unspecified atom stereocenters. The predicted octanol–water partition coefficient (Wildman–Crippen LogP) is 5.78. The van der Waals surface area contributed by atoms with E-state index in [-0.39, 0.29) is 29.3 Å². The number of sulfonamides is 1. The number of carbonyl (C=O) groups is 2. The standard InChI is InChI=1S/C32H40FN3O4S/c1-7-30(32(38)34-23(4)5)35(20-25-10-14-27(33)15-11-25)31(37)21-36(28-16-12-26(13-17-28)22(2)3)41(39,40)29-18-8-24(6)9-19-29/h8-19,22-23,30H,7,20-21H2,1-6H3,(H,34,38). The average molecular weight is 582 g/mol. The zero-order chi connectivity index (χ0) is 30.3. The van der Waals surface area contributed by atoms with Crippen LogP contribution in [0.5, 0.6) is 0 Å². The molecule has 3 aromatic rings. The highest BCUT2D eigenvalue weighted by Gasteiger charge is 2.34. The minimum Gasteiger partial charge on any atom is -0.352 e. The zero-order valence-corrected chi connectivity index (χ0v) is 25.4. The third kappa shape index (κ3) is 8.16. The Morgan fingerprint density at radius 2 is 1.46 bits per heavy atom. The number of rotatable bonds is 12. The van der Waals surface area contributed by atoms with E-state index in [0.29, 0.717) is 17.7 Å². The molecular formula is C32H40FN3O4S. The molecule has 3 aromatic carbocycles. The van der Waals surface area contributed by atoms with E-state index in [1.165, 1.54) is 29.2 Å². The lowest BCUT2D eigenvalue weighted by Crippen LogP contribution is -2.53. The van der Waals surface area contributed by atoms with Gasteiger partial charge in [0.25, 0.3) is 10.0 Å². The van der Waals surface area contributed by atoms with Crippen LogP contribution in [0.15, 0.2) is 77.7 Å². The summed E-state index contributed by atoms with van der Waals surface area (Å²) in [4.78, 5) is 28.7. The number of carbonyl (C=O) groups excluding carboxylic acids is 2. The van der Waals surface area contributed by atoms with Crippen LogP contribution in [0.1, 0.15) is 63.6 Å². The predicted molar refractivity (Wildman–Crippen MR) is 161 cm³/mol. The van der Waals surface area contributed by atoms with Crippen molar-refractivity contribution in [3.8, 4) is 0 Å². The van der Waals surface area contributed by atoms with Crippen LogP contribution in [0.4, 0.5) is 10.1 Å². The number of hydrogen-bond donors (Lipinski definition) is 1. The first kappa shape index (κ1) is 31.8. The Balaban J connectivity index is 2.07. The van der Waals surface area contributed by atoms with Gasteiger partial charge in [-0.1, -0.05) is 62.7 Å². The summed E-state index contributed by atoms with van der Waals surface area (Å²) in [6.07, 6.45) is 0.305. The summed E-state index contributed by atoms with van der Waals surface area (Å²) in [5.74, 6) is -1.07. The van der Waals surface area contributed by atoms with Gasteiger partial charge in [-0.25, -0.2) is 12.8 Å². The summed E-state index contributed by atoms with van der Waals surface area (Å²) in [6, 6.07) is 18.2. The Morgan fingerprint density at radius 3 is 1.98 bits per heavy atom. The Kier molecular flexibility index (Phi) is 10.7. The Hall–Kier alpha value is -3.72. The topological polar surface area (TPSA) is 86.8 Å². The number of benzene rings is 3. The van der Waals surface area contributed by atoms with Crippen LogP contribution in [-0.2, 0) is 26.2 Å². The molecule has 0 radical (unpaired) electrons. The number of aryl methyl sites for hydroxylation is 1. The molecule has 7 nitrogen and oxygen atoms in total. The minimum atomic E-state index is -4.15. The first-order chi connectivity index (χ1) is 19.3. The Labute approximate surface area is 243 Å². The van der Waals surface area contributed by atoms with Crippen LogP contribution in [0.2, 0.25) is 0 Å². The summed E-state index contributed by atoms with van der Waals surface area (Å²) >= 11 is 0. The highest BCUT2D eigenvalue weighted by atomic mass is 32.2. The fourth-order valence-corrected chi connectivity index (χ4v) is 5.89. The smallest absolute Gasteiger partial charge is 0.264 e. The maximum atomic E-state index is 14.1. The van der Waals surface area contributed by atoms with Gasteiger partial charge in [0.2, 0.25) is 11.8 Å². The molecule has 0 aromatic heterocycles. The van der Waals surface area contributed by atoms with Crippen LogP contribution < -0.4 is 9.62 Å². The maximum absolute atomic E-state index is 14.1. The molecule has 0 saturated heterocycles. The van der Waals surface area contributed by atoms with Gasteiger partial charge in [0.15, 0.2) is 0 Å². The molecular weight excluding hydrogens is 541 g/mol. The lowest BCUT2D eigenvalue weighted by Gasteiger charge is -2.33. The highest BCUT2D eigenvalue weighted by molar-refractivity contribution is 7.92. The van der Waals surface area contributed by atoms with E-state index < -0.39 is 34.3 Å². The van der Waals surface area contributed by atoms with Gasteiger partial charge in [0.05, 0.1) is 10.6 Å². The van der Waals surface area contributed by atoms with Crippen molar-refractivity contribution < 1.29 is 22.4 Å². The third-order valence-electron chi connectivity index (χ3n) is 6.82. The molecule has 0 aliphatic heterocycles. The molecule has 0 heterocycles. The molecule has 3 rings (SSSR count). The van der Waals surface area contributed by atoms with E-state index in [2.05, 4.69) is 5.32 Å². The highest BCUT2D eigenvalue weighted by Crippen LogP contribution is 2.27. The molecule has 0 aliphatic carbocycles. The average Bonchev–Trinajstić information content (AvgIpc) is 2.92. The fourth-order valence-electron chi connectivity index (χ4n) is 4.48. The van der Waals surface area contributed by atoms with E-state index in [9.17, 15) is 22.4 Å². The number of halogens is 1. The van der Waals surface area contributed by atoms with E-state index in [1.54, 1.807) is 43.3 Å². The lowest BCUT2D eigenvalue weighted by molar-refractivity contribution is -0.140. The van der Waals surface area contributed by atoms with Crippen molar-refractivity contribution in [3.05, 3.63) is 95.3 Å². The molecule has 0 bridgehead atoms. The van der Waals surface area contributed by atoms with Gasteiger partial charge in [0, 0.05) is 12.6 Å². The molecule has 0 saturated carbocycles. The fraction of sp³-hybridized carbons (Fsp3) is 0.375. The van der Waals surface area contributed by atoms with Crippen molar-refractivity contribution in [2.45, 2.75) is 77.4 Å². The van der Waals surface area contributed by atoms with Crippen molar-refractivity contribution in [3.63, 3.8) is 0 Å². The summed E-state index contributed by atoms with van der Waals surface area (Å²) in [5, 5.41) is 2.86. The van der Waals surface area contributed by atoms with Gasteiger partial charge in [0.1, 0.15) is 18.4 Å². The van der Waals surface area contributed by atoms with Crippen molar-refractivity contribution in [2.75, 3.05) is 10.8 Å². The van der Waals surface area contributed by atoms with E-state index >= 15 is 0 Å². The zero-order valence-electron chi connectivity index (χ0n) is 24.6. The monoisotopic (exact) mass is 581 g/mol. The van der Waals surface area contributed by atoms with Gasteiger partial charge in [-0.05, 0) is 80.6 Å².